The molecule has 1 aromatic carbocycles. The highest BCUT2D eigenvalue weighted by Crippen LogP contribution is 2.29. The Bertz CT molecular complexity index is 516. The minimum Gasteiger partial charge on any atom is -0.271 e. The second-order valence-electron chi connectivity index (χ2n) is 3.79. The van der Waals surface area contributed by atoms with Crippen LogP contribution in [-0.2, 0) is 22.3 Å². The molecule has 0 unspecified atom stereocenters. The van der Waals surface area contributed by atoms with Gasteiger partial charge in [0.25, 0.3) is 11.8 Å². The van der Waals surface area contributed by atoms with Crippen molar-refractivity contribution in [3.8, 4) is 0 Å². The molecule has 0 atom stereocenters. The molecule has 0 fully saturated rings. The molecule has 0 bridgehead atoms. The number of carbonyl (C=O) groups excluding carboxylic acids is 2. The van der Waals surface area contributed by atoms with E-state index in [4.69, 9.17) is 0 Å². The molecule has 0 radical (unpaired) electrons. The summed E-state index contributed by atoms with van der Waals surface area (Å²) < 4.78 is 37.4. The zero-order valence-corrected chi connectivity index (χ0v) is 9.07. The fourth-order valence-electron chi connectivity index (χ4n) is 1.62. The quantitative estimate of drug-likeness (QED) is 0.759. The molecule has 0 N–H and O–H groups in total. The van der Waals surface area contributed by atoms with Crippen molar-refractivity contribution < 1.29 is 22.8 Å². The van der Waals surface area contributed by atoms with E-state index in [1.807, 2.05) is 0 Å². The van der Waals surface area contributed by atoms with Crippen LogP contribution in [0.5, 0.6) is 0 Å². The Balaban J connectivity index is 2.20. The topological polar surface area (TPSA) is 37.4 Å². The van der Waals surface area contributed by atoms with Gasteiger partial charge in [0, 0.05) is 12.2 Å². The van der Waals surface area contributed by atoms with E-state index >= 15 is 0 Å². The maximum absolute atomic E-state index is 12.5. The molecule has 6 heteroatoms. The lowest BCUT2D eigenvalue weighted by molar-refractivity contribution is -0.137. The number of amides is 2. The highest BCUT2D eigenvalue weighted by molar-refractivity contribution is 6.12. The minimum atomic E-state index is -4.44. The van der Waals surface area contributed by atoms with E-state index in [-0.39, 0.29) is 12.1 Å². The fraction of sp³-hybridized carbons (Fsp3) is 0.167. The number of hydrogen-bond acceptors (Lipinski definition) is 2. The zero-order chi connectivity index (χ0) is 13.3. The van der Waals surface area contributed by atoms with Gasteiger partial charge in [-0.05, 0) is 17.7 Å². The average molecular weight is 255 g/mol. The number of nitrogens with zero attached hydrogens (tertiary/aromatic N) is 1. The van der Waals surface area contributed by atoms with Crippen molar-refractivity contribution in [1.82, 2.24) is 4.90 Å². The van der Waals surface area contributed by atoms with E-state index < -0.39 is 23.6 Å². The van der Waals surface area contributed by atoms with Gasteiger partial charge in [-0.25, -0.2) is 0 Å². The molecule has 94 valence electrons. The molecule has 18 heavy (non-hydrogen) atoms. The molecule has 3 nitrogen and oxygen atoms in total. The summed E-state index contributed by atoms with van der Waals surface area (Å²) >= 11 is 0. The molecule has 0 saturated carbocycles. The van der Waals surface area contributed by atoms with Crippen LogP contribution in [0.1, 0.15) is 11.1 Å². The molecular formula is C12H8F3NO2. The summed E-state index contributed by atoms with van der Waals surface area (Å²) in [5.41, 5.74) is -0.540. The van der Waals surface area contributed by atoms with Gasteiger partial charge in [-0.1, -0.05) is 12.1 Å². The second-order valence-corrected chi connectivity index (χ2v) is 3.79. The summed E-state index contributed by atoms with van der Waals surface area (Å²) in [6.07, 6.45) is -2.25. The van der Waals surface area contributed by atoms with Crippen molar-refractivity contribution in [2.45, 2.75) is 12.7 Å². The third-order valence-electron chi connectivity index (χ3n) is 2.50. The number of imide groups is 1. The maximum Gasteiger partial charge on any atom is 0.416 e. The van der Waals surface area contributed by atoms with E-state index in [0.29, 0.717) is 0 Å². The van der Waals surface area contributed by atoms with Crippen LogP contribution < -0.4 is 0 Å². The van der Waals surface area contributed by atoms with E-state index in [9.17, 15) is 22.8 Å². The van der Waals surface area contributed by atoms with Gasteiger partial charge in [-0.3, -0.25) is 14.5 Å². The highest BCUT2D eigenvalue weighted by atomic mass is 19.4. The summed E-state index contributed by atoms with van der Waals surface area (Å²) in [7, 11) is 0. The van der Waals surface area contributed by atoms with Crippen LogP contribution in [0.4, 0.5) is 13.2 Å². The molecule has 1 aliphatic heterocycles. The van der Waals surface area contributed by atoms with Gasteiger partial charge in [0.2, 0.25) is 0 Å². The molecule has 2 rings (SSSR count). The minimum absolute atomic E-state index is 0.158. The lowest BCUT2D eigenvalue weighted by Gasteiger charge is -2.15. The third kappa shape index (κ3) is 2.42. The lowest BCUT2D eigenvalue weighted by Crippen LogP contribution is -2.29. The molecule has 1 aromatic rings. The van der Waals surface area contributed by atoms with Crippen LogP contribution in [-0.4, -0.2) is 16.7 Å². The number of alkyl halides is 3. The molecule has 1 aliphatic rings. The Labute approximate surface area is 101 Å². The number of rotatable bonds is 2. The summed E-state index contributed by atoms with van der Waals surface area (Å²) in [6, 6.07) is 4.55. The van der Waals surface area contributed by atoms with Gasteiger partial charge in [-0.15, -0.1) is 0 Å². The summed E-state index contributed by atoms with van der Waals surface area (Å²) in [5.74, 6) is -1.03. The highest BCUT2D eigenvalue weighted by Gasteiger charge is 2.31. The molecule has 0 saturated heterocycles. The standard InChI is InChI=1S/C12H8F3NO2/c13-12(14,15)9-3-1-2-8(6-9)7-16-10(17)4-5-11(16)18/h1-6H,7H2. The first-order valence-electron chi connectivity index (χ1n) is 5.07. The normalized spacial score (nSPS) is 15.6. The van der Waals surface area contributed by atoms with Gasteiger partial charge in [-0.2, -0.15) is 13.2 Å². The van der Waals surface area contributed by atoms with Crippen molar-refractivity contribution in [3.05, 3.63) is 47.5 Å². The van der Waals surface area contributed by atoms with Gasteiger partial charge in [0.05, 0.1) is 12.1 Å². The molecule has 1 heterocycles. The van der Waals surface area contributed by atoms with Gasteiger partial charge >= 0.3 is 6.18 Å². The van der Waals surface area contributed by atoms with E-state index in [0.717, 1.165) is 29.2 Å². The first-order valence-corrected chi connectivity index (χ1v) is 5.07. The lowest BCUT2D eigenvalue weighted by atomic mass is 10.1. The first kappa shape index (κ1) is 12.3. The predicted octanol–water partition coefficient (Wildman–Crippen LogP) is 2.13. The summed E-state index contributed by atoms with van der Waals surface area (Å²) in [6.45, 7) is -0.158. The van der Waals surface area contributed by atoms with Gasteiger partial charge < -0.3 is 0 Å². The Morgan fingerprint density at radius 2 is 1.67 bits per heavy atom. The van der Waals surface area contributed by atoms with Crippen molar-refractivity contribution in [2.75, 3.05) is 0 Å². The van der Waals surface area contributed by atoms with Crippen LogP contribution in [0.3, 0.4) is 0 Å². The van der Waals surface area contributed by atoms with Crippen LogP contribution in [0.2, 0.25) is 0 Å². The summed E-state index contributed by atoms with van der Waals surface area (Å²) in [4.78, 5) is 23.4. The number of benzene rings is 1. The van der Waals surface area contributed by atoms with Crippen molar-refractivity contribution in [2.24, 2.45) is 0 Å². The zero-order valence-electron chi connectivity index (χ0n) is 9.07. The number of carbonyl (C=O) groups is 2. The number of halogens is 3. The Morgan fingerprint density at radius 1 is 1.06 bits per heavy atom. The average Bonchev–Trinajstić information content (AvgIpc) is 2.60. The second kappa shape index (κ2) is 4.29. The molecule has 0 aromatic heterocycles. The number of hydrogen-bond donors (Lipinski definition) is 0. The van der Waals surface area contributed by atoms with Crippen molar-refractivity contribution in [1.29, 1.82) is 0 Å². The van der Waals surface area contributed by atoms with Gasteiger partial charge in [0.1, 0.15) is 0 Å². The maximum atomic E-state index is 12.5. The van der Waals surface area contributed by atoms with Crippen LogP contribution in [0.15, 0.2) is 36.4 Å². The Kier molecular flexibility index (Phi) is 2.94. The molecule has 0 spiro atoms. The van der Waals surface area contributed by atoms with Crippen molar-refractivity contribution >= 4 is 11.8 Å². The monoisotopic (exact) mass is 255 g/mol. The Hall–Kier alpha value is -2.11. The van der Waals surface area contributed by atoms with Crippen LogP contribution in [0.25, 0.3) is 0 Å². The van der Waals surface area contributed by atoms with E-state index in [1.165, 1.54) is 12.1 Å². The van der Waals surface area contributed by atoms with Crippen LogP contribution >= 0.6 is 0 Å². The molecule has 2 amide bonds. The van der Waals surface area contributed by atoms with Crippen LogP contribution in [0, 0.1) is 0 Å². The van der Waals surface area contributed by atoms with E-state index in [1.54, 1.807) is 0 Å². The molecule has 0 aliphatic carbocycles. The van der Waals surface area contributed by atoms with E-state index in [2.05, 4.69) is 0 Å². The van der Waals surface area contributed by atoms with Gasteiger partial charge in [0.15, 0.2) is 0 Å². The third-order valence-corrected chi connectivity index (χ3v) is 2.50. The van der Waals surface area contributed by atoms with Crippen molar-refractivity contribution in [3.63, 3.8) is 0 Å². The first-order chi connectivity index (χ1) is 8.38. The Morgan fingerprint density at radius 3 is 2.22 bits per heavy atom. The SMILES string of the molecule is O=C1C=CC(=O)N1Cc1cccc(C(F)(F)F)c1. The molecular weight excluding hydrogens is 247 g/mol. The fourth-order valence-corrected chi connectivity index (χ4v) is 1.62. The summed E-state index contributed by atoms with van der Waals surface area (Å²) in [5, 5.41) is 0. The smallest absolute Gasteiger partial charge is 0.271 e. The predicted molar refractivity (Wildman–Crippen MR) is 56.1 cm³/mol. The largest absolute Gasteiger partial charge is 0.416 e.